The van der Waals surface area contributed by atoms with Crippen LogP contribution in [0, 0.1) is 10.8 Å². The molecule has 0 aliphatic heterocycles. The molecule has 18 heavy (non-hydrogen) atoms. The molecule has 2 heteroatoms. The predicted molar refractivity (Wildman–Crippen MR) is 73.2 cm³/mol. The lowest BCUT2D eigenvalue weighted by Gasteiger charge is -2.58. The van der Waals surface area contributed by atoms with Crippen LogP contribution in [0.1, 0.15) is 53.4 Å². The summed E-state index contributed by atoms with van der Waals surface area (Å²) in [6.07, 6.45) is 4.96. The lowest BCUT2D eigenvalue weighted by Crippen LogP contribution is -2.62. The van der Waals surface area contributed by atoms with E-state index in [1.807, 2.05) is 0 Å². The van der Waals surface area contributed by atoms with Gasteiger partial charge in [-0.25, -0.2) is 0 Å². The first kappa shape index (κ1) is 13.5. The molecule has 100 valence electrons. The third-order valence-electron chi connectivity index (χ3n) is 5.58. The van der Waals surface area contributed by atoms with Gasteiger partial charge in [0.05, 0.1) is 0 Å². The van der Waals surface area contributed by atoms with Crippen LogP contribution in [0.5, 0.6) is 0 Å². The molecule has 0 radical (unpaired) electrons. The molecule has 0 unspecified atom stereocenters. The first-order valence-corrected chi connectivity index (χ1v) is 6.75. The molecule has 0 heterocycles. The van der Waals surface area contributed by atoms with Crippen molar-refractivity contribution in [2.75, 3.05) is 0 Å². The van der Waals surface area contributed by atoms with Gasteiger partial charge in [0.1, 0.15) is 5.60 Å². The van der Waals surface area contributed by atoms with Crippen molar-refractivity contribution in [2.24, 2.45) is 10.8 Å². The molecule has 2 rings (SSSR count). The Hall–Kier alpha value is -0.890. The minimum absolute atomic E-state index is 0.0115. The highest BCUT2D eigenvalue weighted by Gasteiger charge is 2.62. The van der Waals surface area contributed by atoms with E-state index in [0.717, 1.165) is 24.8 Å². The lowest BCUT2D eigenvalue weighted by atomic mass is 9.46. The smallest absolute Gasteiger partial charge is 0.164 e. The van der Waals surface area contributed by atoms with Gasteiger partial charge >= 0.3 is 0 Å². The molecule has 0 aromatic heterocycles. The average molecular weight is 248 g/mol. The maximum Gasteiger partial charge on any atom is 0.164 e. The minimum atomic E-state index is -1.24. The Morgan fingerprint density at radius 1 is 1.33 bits per heavy atom. The number of allylic oxidation sites excluding steroid dienone is 3. The number of carbonyl (C=O) groups is 1. The van der Waals surface area contributed by atoms with Crippen LogP contribution >= 0.6 is 0 Å². The Balaban J connectivity index is 2.56. The summed E-state index contributed by atoms with van der Waals surface area (Å²) in [6.45, 7) is 12.2. The number of aliphatic hydroxyl groups is 1. The molecule has 2 aliphatic rings. The Bertz CT molecular complexity index is 440. The molecular weight excluding hydrogens is 224 g/mol. The summed E-state index contributed by atoms with van der Waals surface area (Å²) in [5.41, 5.74) is 0.570. The normalized spacial score (nSPS) is 39.9. The van der Waals surface area contributed by atoms with Crippen LogP contribution in [0.25, 0.3) is 0 Å². The second-order valence-corrected chi connectivity index (χ2v) is 6.83. The zero-order chi connectivity index (χ0) is 13.8. The first-order chi connectivity index (χ1) is 8.14. The Morgan fingerprint density at radius 3 is 2.50 bits per heavy atom. The van der Waals surface area contributed by atoms with Gasteiger partial charge in [-0.05, 0) is 38.5 Å². The Kier molecular flexibility index (Phi) is 2.86. The van der Waals surface area contributed by atoms with Crippen LogP contribution < -0.4 is 0 Å². The van der Waals surface area contributed by atoms with Crippen LogP contribution in [0.15, 0.2) is 23.8 Å². The summed E-state index contributed by atoms with van der Waals surface area (Å²) in [5, 5.41) is 10.8. The summed E-state index contributed by atoms with van der Waals surface area (Å²) < 4.78 is 0. The van der Waals surface area contributed by atoms with Crippen molar-refractivity contribution in [3.05, 3.63) is 23.8 Å². The molecular formula is C16H24O2. The quantitative estimate of drug-likeness (QED) is 0.713. The van der Waals surface area contributed by atoms with Crippen LogP contribution in [0.3, 0.4) is 0 Å². The molecule has 0 aromatic rings. The van der Waals surface area contributed by atoms with Crippen LogP contribution in [-0.2, 0) is 4.79 Å². The summed E-state index contributed by atoms with van der Waals surface area (Å²) in [7, 11) is 0. The molecule has 0 aromatic carbocycles. The average Bonchev–Trinajstić information content (AvgIpc) is 2.27. The van der Waals surface area contributed by atoms with E-state index in [2.05, 4.69) is 33.4 Å². The molecule has 1 spiro atoms. The van der Waals surface area contributed by atoms with Gasteiger partial charge in [-0.15, -0.1) is 0 Å². The number of Topliss-reactive ketones (excluding diaryl/α,β-unsaturated/α-hetero) is 1. The van der Waals surface area contributed by atoms with Crippen molar-refractivity contribution in [1.82, 2.24) is 0 Å². The number of hydrogen-bond acceptors (Lipinski definition) is 2. The zero-order valence-electron chi connectivity index (χ0n) is 12.0. The van der Waals surface area contributed by atoms with E-state index < -0.39 is 11.0 Å². The van der Waals surface area contributed by atoms with Crippen molar-refractivity contribution in [3.63, 3.8) is 0 Å². The number of rotatable bonds is 0. The van der Waals surface area contributed by atoms with Crippen LogP contribution in [0.2, 0.25) is 0 Å². The predicted octanol–water partition coefficient (Wildman–Crippen LogP) is 3.41. The minimum Gasteiger partial charge on any atom is -0.382 e. The molecule has 2 aliphatic carbocycles. The molecule has 2 nitrogen and oxygen atoms in total. The SMILES string of the molecule is C=C1C[C@]2(CC=C1C)C(C)(C)CCC(=O)[C@@]2(C)O. The van der Waals surface area contributed by atoms with E-state index in [1.54, 1.807) is 6.92 Å². The summed E-state index contributed by atoms with van der Waals surface area (Å²) in [5.74, 6) is -0.0115. The van der Waals surface area contributed by atoms with Crippen molar-refractivity contribution in [1.29, 1.82) is 0 Å². The van der Waals surface area contributed by atoms with Gasteiger partial charge in [-0.2, -0.15) is 0 Å². The van der Waals surface area contributed by atoms with Gasteiger partial charge < -0.3 is 5.11 Å². The molecule has 2 atom stereocenters. The van der Waals surface area contributed by atoms with Crippen molar-refractivity contribution >= 4 is 5.78 Å². The monoisotopic (exact) mass is 248 g/mol. The van der Waals surface area contributed by atoms with Gasteiger partial charge in [-0.1, -0.05) is 37.6 Å². The summed E-state index contributed by atoms with van der Waals surface area (Å²) >= 11 is 0. The van der Waals surface area contributed by atoms with Gasteiger partial charge in [-0.3, -0.25) is 4.79 Å². The second kappa shape index (κ2) is 3.80. The van der Waals surface area contributed by atoms with E-state index in [-0.39, 0.29) is 11.2 Å². The molecule has 1 saturated carbocycles. The van der Waals surface area contributed by atoms with E-state index in [0.29, 0.717) is 6.42 Å². The fourth-order valence-corrected chi connectivity index (χ4v) is 3.77. The third kappa shape index (κ3) is 1.55. The lowest BCUT2D eigenvalue weighted by molar-refractivity contribution is -0.181. The van der Waals surface area contributed by atoms with Crippen molar-refractivity contribution < 1.29 is 9.90 Å². The topological polar surface area (TPSA) is 37.3 Å². The van der Waals surface area contributed by atoms with Crippen molar-refractivity contribution in [2.45, 2.75) is 59.0 Å². The number of ketones is 1. The van der Waals surface area contributed by atoms with Crippen molar-refractivity contribution in [3.8, 4) is 0 Å². The van der Waals surface area contributed by atoms with Crippen LogP contribution in [0.4, 0.5) is 0 Å². The molecule has 0 saturated heterocycles. The summed E-state index contributed by atoms with van der Waals surface area (Å²) in [6, 6.07) is 0. The first-order valence-electron chi connectivity index (χ1n) is 6.75. The van der Waals surface area contributed by atoms with E-state index >= 15 is 0 Å². The molecule has 0 amide bonds. The maximum absolute atomic E-state index is 12.2. The molecule has 1 fully saturated rings. The Morgan fingerprint density at radius 2 is 1.94 bits per heavy atom. The van der Waals surface area contributed by atoms with E-state index in [1.165, 1.54) is 5.57 Å². The fraction of sp³-hybridized carbons (Fsp3) is 0.688. The zero-order valence-corrected chi connectivity index (χ0v) is 12.0. The van der Waals surface area contributed by atoms with Gasteiger partial charge in [0.25, 0.3) is 0 Å². The van der Waals surface area contributed by atoms with E-state index in [9.17, 15) is 9.90 Å². The third-order valence-corrected chi connectivity index (χ3v) is 5.58. The largest absolute Gasteiger partial charge is 0.382 e. The number of hydrogen-bond donors (Lipinski definition) is 1. The van der Waals surface area contributed by atoms with E-state index in [4.69, 9.17) is 0 Å². The molecule has 0 bridgehead atoms. The maximum atomic E-state index is 12.2. The van der Waals surface area contributed by atoms with Gasteiger partial charge in [0, 0.05) is 11.8 Å². The standard InChI is InChI=1S/C16H24O2/c1-11-6-9-16(10-12(11)2)14(3,4)8-7-13(17)15(16,5)18/h6,18H,2,7-10H2,1,3-5H3/t15-,16-/m1/s1. The summed E-state index contributed by atoms with van der Waals surface area (Å²) in [4.78, 5) is 12.2. The van der Waals surface area contributed by atoms with Crippen LogP contribution in [-0.4, -0.2) is 16.5 Å². The molecule has 1 N–H and O–H groups in total. The van der Waals surface area contributed by atoms with Gasteiger partial charge in [0.2, 0.25) is 0 Å². The highest BCUT2D eigenvalue weighted by Crippen LogP contribution is 2.61. The highest BCUT2D eigenvalue weighted by molar-refractivity contribution is 5.89. The highest BCUT2D eigenvalue weighted by atomic mass is 16.3. The second-order valence-electron chi connectivity index (χ2n) is 6.83. The fourth-order valence-electron chi connectivity index (χ4n) is 3.77. The van der Waals surface area contributed by atoms with Gasteiger partial charge in [0.15, 0.2) is 5.78 Å². The number of carbonyl (C=O) groups excluding carboxylic acids is 1. The Labute approximate surface area is 110 Å².